The molecule has 2 aromatic heterocycles. The number of rotatable bonds is 3. The van der Waals surface area contributed by atoms with E-state index in [1.165, 1.54) is 34.8 Å². The molecule has 0 saturated carbocycles. The second kappa shape index (κ2) is 6.31. The zero-order chi connectivity index (χ0) is 18.4. The Morgan fingerprint density at radius 1 is 1.23 bits per heavy atom. The summed E-state index contributed by atoms with van der Waals surface area (Å²) >= 11 is 8.78. The van der Waals surface area contributed by atoms with Crippen molar-refractivity contribution >= 4 is 71.3 Å². The van der Waals surface area contributed by atoms with E-state index < -0.39 is 4.92 Å². The Hall–Kier alpha value is -2.55. The van der Waals surface area contributed by atoms with Crippen LogP contribution in [0.5, 0.6) is 0 Å². The lowest BCUT2D eigenvalue weighted by Gasteiger charge is -1.97. The van der Waals surface area contributed by atoms with Crippen molar-refractivity contribution in [1.29, 1.82) is 0 Å². The van der Waals surface area contributed by atoms with E-state index in [2.05, 4.69) is 10.3 Å². The zero-order valence-corrected chi connectivity index (χ0v) is 15.7. The van der Waals surface area contributed by atoms with Gasteiger partial charge in [-0.2, -0.15) is 0 Å². The highest BCUT2D eigenvalue weighted by Gasteiger charge is 2.16. The Balaban J connectivity index is 1.66. The van der Waals surface area contributed by atoms with Gasteiger partial charge in [-0.3, -0.25) is 20.2 Å². The molecule has 26 heavy (non-hydrogen) atoms. The van der Waals surface area contributed by atoms with Crippen LogP contribution < -0.4 is 5.32 Å². The molecule has 2 heterocycles. The molecule has 9 heteroatoms. The number of thiazole rings is 1. The molecule has 0 aliphatic heterocycles. The zero-order valence-electron chi connectivity index (χ0n) is 13.3. The van der Waals surface area contributed by atoms with E-state index in [9.17, 15) is 14.9 Å². The van der Waals surface area contributed by atoms with E-state index in [-0.39, 0.29) is 11.6 Å². The lowest BCUT2D eigenvalue weighted by atomic mass is 10.2. The molecule has 0 fully saturated rings. The van der Waals surface area contributed by atoms with Crippen molar-refractivity contribution in [2.75, 3.05) is 5.32 Å². The van der Waals surface area contributed by atoms with Gasteiger partial charge < -0.3 is 0 Å². The number of nitro benzene ring substituents is 1. The summed E-state index contributed by atoms with van der Waals surface area (Å²) in [5, 5.41) is 15.4. The van der Waals surface area contributed by atoms with E-state index in [1.54, 1.807) is 12.1 Å². The smallest absolute Gasteiger partial charge is 0.270 e. The Kier molecular flexibility index (Phi) is 4.10. The first-order valence-corrected chi connectivity index (χ1v) is 9.48. The summed E-state index contributed by atoms with van der Waals surface area (Å²) in [6.07, 6.45) is 0. The van der Waals surface area contributed by atoms with Crippen LogP contribution in [-0.2, 0) is 0 Å². The third kappa shape index (κ3) is 2.92. The van der Waals surface area contributed by atoms with Crippen LogP contribution in [0.2, 0.25) is 5.02 Å². The summed E-state index contributed by atoms with van der Waals surface area (Å²) in [6.45, 7) is 1.93. The van der Waals surface area contributed by atoms with Gasteiger partial charge in [0.15, 0.2) is 5.13 Å². The number of anilines is 1. The Bertz CT molecular complexity index is 1160. The number of nitrogens with one attached hydrogen (secondary N) is 1. The maximum atomic E-state index is 12.5. The number of hydrogen-bond donors (Lipinski definition) is 1. The molecule has 130 valence electrons. The molecule has 1 N–H and O–H groups in total. The highest BCUT2D eigenvalue weighted by atomic mass is 35.5. The molecule has 6 nitrogen and oxygen atoms in total. The van der Waals surface area contributed by atoms with Crippen LogP contribution >= 0.6 is 34.3 Å². The fourth-order valence-corrected chi connectivity index (χ4v) is 4.72. The van der Waals surface area contributed by atoms with Crippen molar-refractivity contribution in [1.82, 2.24) is 4.98 Å². The number of nitro groups is 1. The minimum atomic E-state index is -0.454. The number of nitrogens with zero attached hydrogens (tertiary/aromatic N) is 2. The summed E-state index contributed by atoms with van der Waals surface area (Å²) in [5.41, 5.74) is 1.75. The number of carbonyl (C=O) groups is 1. The lowest BCUT2D eigenvalue weighted by molar-refractivity contribution is -0.384. The first kappa shape index (κ1) is 16.9. The predicted molar refractivity (Wildman–Crippen MR) is 106 cm³/mol. The average Bonchev–Trinajstić information content (AvgIpc) is 3.22. The maximum Gasteiger partial charge on any atom is 0.270 e. The number of carbonyl (C=O) groups excluding carboxylic acids is 1. The Labute approximate surface area is 160 Å². The van der Waals surface area contributed by atoms with Crippen molar-refractivity contribution in [3.05, 3.63) is 62.0 Å². The van der Waals surface area contributed by atoms with E-state index in [1.807, 2.05) is 19.1 Å². The second-order valence-electron chi connectivity index (χ2n) is 5.61. The molecule has 0 aliphatic rings. The molecular formula is C17H10ClN3O3S2. The van der Waals surface area contributed by atoms with Gasteiger partial charge in [0, 0.05) is 22.2 Å². The maximum absolute atomic E-state index is 12.5. The highest BCUT2D eigenvalue weighted by molar-refractivity contribution is 7.23. The number of benzene rings is 2. The summed E-state index contributed by atoms with van der Waals surface area (Å²) in [4.78, 5) is 27.9. The average molecular weight is 404 g/mol. The van der Waals surface area contributed by atoms with Crippen molar-refractivity contribution in [3.8, 4) is 0 Å². The molecule has 0 unspecified atom stereocenters. The number of amides is 1. The lowest BCUT2D eigenvalue weighted by Crippen LogP contribution is -2.09. The summed E-state index contributed by atoms with van der Waals surface area (Å²) < 4.78 is 1.64. The van der Waals surface area contributed by atoms with Gasteiger partial charge in [-0.15, -0.1) is 11.3 Å². The number of aryl methyl sites for hydroxylation is 1. The molecule has 4 aromatic rings. The normalized spacial score (nSPS) is 11.2. The van der Waals surface area contributed by atoms with Gasteiger partial charge in [0.1, 0.15) is 0 Å². The largest absolute Gasteiger partial charge is 0.297 e. The summed E-state index contributed by atoms with van der Waals surface area (Å²) in [6, 6.07) is 9.88. The van der Waals surface area contributed by atoms with E-state index in [4.69, 9.17) is 11.6 Å². The molecule has 0 spiro atoms. The van der Waals surface area contributed by atoms with Crippen molar-refractivity contribution in [3.63, 3.8) is 0 Å². The second-order valence-corrected chi connectivity index (χ2v) is 8.10. The molecule has 2 aromatic carbocycles. The Morgan fingerprint density at radius 3 is 2.77 bits per heavy atom. The van der Waals surface area contributed by atoms with Gasteiger partial charge in [-0.05, 0) is 30.7 Å². The highest BCUT2D eigenvalue weighted by Crippen LogP contribution is 2.35. The van der Waals surface area contributed by atoms with Gasteiger partial charge in [0.25, 0.3) is 11.6 Å². The first-order chi connectivity index (χ1) is 12.4. The van der Waals surface area contributed by atoms with Gasteiger partial charge in [-0.1, -0.05) is 29.0 Å². The predicted octanol–water partition coefficient (Wildman–Crippen LogP) is 5.63. The minimum Gasteiger partial charge on any atom is -0.297 e. The summed E-state index contributed by atoms with van der Waals surface area (Å²) in [5.74, 6) is -0.304. The molecular weight excluding hydrogens is 394 g/mol. The summed E-state index contributed by atoms with van der Waals surface area (Å²) in [7, 11) is 0. The third-order valence-corrected chi connectivity index (χ3v) is 6.40. The van der Waals surface area contributed by atoms with E-state index >= 15 is 0 Å². The molecule has 0 aliphatic carbocycles. The van der Waals surface area contributed by atoms with Crippen molar-refractivity contribution < 1.29 is 9.72 Å². The molecule has 0 saturated heterocycles. The number of halogens is 1. The van der Waals surface area contributed by atoms with Crippen LogP contribution in [0.4, 0.5) is 10.8 Å². The fourth-order valence-electron chi connectivity index (χ4n) is 2.57. The number of fused-ring (bicyclic) bond motifs is 2. The monoisotopic (exact) mass is 403 g/mol. The minimum absolute atomic E-state index is 0.00134. The van der Waals surface area contributed by atoms with Gasteiger partial charge in [-0.25, -0.2) is 4.98 Å². The molecule has 0 bridgehead atoms. The first-order valence-electron chi connectivity index (χ1n) is 7.47. The number of non-ortho nitro benzene ring substituents is 1. The molecule has 0 atom stereocenters. The van der Waals surface area contributed by atoms with Crippen molar-refractivity contribution in [2.24, 2.45) is 0 Å². The molecule has 4 rings (SSSR count). The Morgan fingerprint density at radius 2 is 2.04 bits per heavy atom. The SMILES string of the molecule is Cc1ccc(Cl)c2sc(NC(=O)c3cc4cc([N+](=O)[O-])ccc4s3)nc12. The standard InChI is InChI=1S/C17H10ClN3O3S2/c1-8-2-4-11(18)15-14(8)19-17(26-15)20-16(22)13-7-9-6-10(21(23)24)3-5-12(9)25-13/h2-7H,1H3,(H,19,20,22). The van der Waals surface area contributed by atoms with Crippen LogP contribution in [0.1, 0.15) is 15.2 Å². The van der Waals surface area contributed by atoms with Gasteiger partial charge in [0.05, 0.1) is 25.0 Å². The molecule has 0 radical (unpaired) electrons. The topological polar surface area (TPSA) is 85.1 Å². The van der Waals surface area contributed by atoms with Crippen molar-refractivity contribution in [2.45, 2.75) is 6.92 Å². The van der Waals surface area contributed by atoms with E-state index in [0.717, 1.165) is 20.5 Å². The molecule has 1 amide bonds. The fraction of sp³-hybridized carbons (Fsp3) is 0.0588. The van der Waals surface area contributed by atoms with Gasteiger partial charge >= 0.3 is 0 Å². The number of hydrogen-bond acceptors (Lipinski definition) is 6. The van der Waals surface area contributed by atoms with Crippen LogP contribution in [0.25, 0.3) is 20.3 Å². The van der Waals surface area contributed by atoms with Crippen LogP contribution in [0.15, 0.2) is 36.4 Å². The van der Waals surface area contributed by atoms with Gasteiger partial charge in [0.2, 0.25) is 0 Å². The van der Waals surface area contributed by atoms with Crippen LogP contribution in [0.3, 0.4) is 0 Å². The third-order valence-electron chi connectivity index (χ3n) is 3.85. The van der Waals surface area contributed by atoms with Crippen LogP contribution in [-0.4, -0.2) is 15.8 Å². The van der Waals surface area contributed by atoms with E-state index in [0.29, 0.717) is 20.4 Å². The number of aromatic nitrogens is 1. The van der Waals surface area contributed by atoms with Crippen LogP contribution in [0, 0.1) is 17.0 Å². The number of thiophene rings is 1. The quantitative estimate of drug-likeness (QED) is 0.354.